The van der Waals surface area contributed by atoms with E-state index >= 15 is 0 Å². The predicted octanol–water partition coefficient (Wildman–Crippen LogP) is 2.52. The van der Waals surface area contributed by atoms with Crippen molar-refractivity contribution in [1.29, 1.82) is 0 Å². The molecule has 0 radical (unpaired) electrons. The average molecular weight is 281 g/mol. The fraction of sp³-hybridized carbons (Fsp3) is 0.333. The Kier molecular flexibility index (Phi) is 3.66. The van der Waals surface area contributed by atoms with Crippen LogP contribution in [0.25, 0.3) is 0 Å². The van der Waals surface area contributed by atoms with E-state index in [1.54, 1.807) is 6.92 Å². The van der Waals surface area contributed by atoms with E-state index in [9.17, 15) is 12.8 Å². The number of benzene rings is 1. The molecule has 0 bridgehead atoms. The first-order valence-corrected chi connectivity index (χ1v) is 6.70. The standard InChI is InChI=1S/C9H10BrFO2S/c1-2-14(12,13)6-7-3-4-9(11)8(10)5-7/h3-5H,2,6H2,1H3. The molecule has 0 aromatic heterocycles. The van der Waals surface area contributed by atoms with E-state index < -0.39 is 9.84 Å². The topological polar surface area (TPSA) is 34.1 Å². The third-order valence-electron chi connectivity index (χ3n) is 1.81. The third kappa shape index (κ3) is 3.06. The Labute approximate surface area is 91.2 Å². The zero-order chi connectivity index (χ0) is 10.8. The second-order valence-corrected chi connectivity index (χ2v) is 6.13. The molecule has 0 aliphatic heterocycles. The number of hydrogen-bond donors (Lipinski definition) is 0. The Bertz CT molecular complexity index is 428. The van der Waals surface area contributed by atoms with Crippen LogP contribution in [0.4, 0.5) is 4.39 Å². The number of sulfone groups is 1. The van der Waals surface area contributed by atoms with Crippen molar-refractivity contribution in [3.8, 4) is 0 Å². The predicted molar refractivity (Wildman–Crippen MR) is 57.3 cm³/mol. The van der Waals surface area contributed by atoms with Crippen LogP contribution in [0.3, 0.4) is 0 Å². The summed E-state index contributed by atoms with van der Waals surface area (Å²) in [5, 5.41) is 0. The molecule has 2 nitrogen and oxygen atoms in total. The molecular weight excluding hydrogens is 271 g/mol. The van der Waals surface area contributed by atoms with E-state index in [1.165, 1.54) is 18.2 Å². The van der Waals surface area contributed by atoms with Gasteiger partial charge in [-0.1, -0.05) is 13.0 Å². The molecular formula is C9H10BrFO2S. The summed E-state index contributed by atoms with van der Waals surface area (Å²) < 4.78 is 35.6. The molecule has 0 aliphatic carbocycles. The molecule has 0 heterocycles. The van der Waals surface area contributed by atoms with Crippen LogP contribution in [-0.4, -0.2) is 14.2 Å². The molecule has 5 heteroatoms. The summed E-state index contributed by atoms with van der Waals surface area (Å²) in [7, 11) is -3.05. The maximum absolute atomic E-state index is 12.8. The monoisotopic (exact) mass is 280 g/mol. The van der Waals surface area contributed by atoms with E-state index in [4.69, 9.17) is 0 Å². The maximum Gasteiger partial charge on any atom is 0.154 e. The summed E-state index contributed by atoms with van der Waals surface area (Å²) in [6, 6.07) is 4.22. The lowest BCUT2D eigenvalue weighted by atomic mass is 10.2. The van der Waals surface area contributed by atoms with Gasteiger partial charge in [-0.15, -0.1) is 0 Å². The Hall–Kier alpha value is -0.420. The SMILES string of the molecule is CCS(=O)(=O)Cc1ccc(F)c(Br)c1. The van der Waals surface area contributed by atoms with Gasteiger partial charge in [0, 0.05) is 5.75 Å². The quantitative estimate of drug-likeness (QED) is 0.853. The van der Waals surface area contributed by atoms with Crippen LogP contribution in [0, 0.1) is 5.82 Å². The highest BCUT2D eigenvalue weighted by Crippen LogP contribution is 2.18. The lowest BCUT2D eigenvalue weighted by Gasteiger charge is -2.02. The van der Waals surface area contributed by atoms with Crippen molar-refractivity contribution < 1.29 is 12.8 Å². The molecule has 1 rings (SSSR count). The number of halogens is 2. The lowest BCUT2D eigenvalue weighted by Crippen LogP contribution is -2.06. The minimum Gasteiger partial charge on any atom is -0.229 e. The molecule has 1 aromatic carbocycles. The minimum absolute atomic E-state index is 0.0393. The second-order valence-electron chi connectivity index (χ2n) is 2.93. The molecule has 0 aliphatic rings. The van der Waals surface area contributed by atoms with Crippen LogP contribution >= 0.6 is 15.9 Å². The van der Waals surface area contributed by atoms with Gasteiger partial charge in [0.05, 0.1) is 10.2 Å². The van der Waals surface area contributed by atoms with Crippen molar-refractivity contribution in [3.63, 3.8) is 0 Å². The lowest BCUT2D eigenvalue weighted by molar-refractivity contribution is 0.595. The number of hydrogen-bond acceptors (Lipinski definition) is 2. The molecule has 78 valence electrons. The summed E-state index contributed by atoms with van der Waals surface area (Å²) in [6.07, 6.45) is 0. The van der Waals surface area contributed by atoms with Crippen molar-refractivity contribution in [2.24, 2.45) is 0 Å². The Balaban J connectivity index is 2.94. The van der Waals surface area contributed by atoms with Gasteiger partial charge in [-0.3, -0.25) is 0 Å². The Morgan fingerprint density at radius 2 is 2.07 bits per heavy atom. The van der Waals surface area contributed by atoms with Crippen LogP contribution in [-0.2, 0) is 15.6 Å². The van der Waals surface area contributed by atoms with Crippen LogP contribution in [0.5, 0.6) is 0 Å². The first-order valence-electron chi connectivity index (χ1n) is 4.09. The molecule has 0 fully saturated rings. The van der Waals surface area contributed by atoms with Gasteiger partial charge in [0.1, 0.15) is 5.82 Å². The van der Waals surface area contributed by atoms with Gasteiger partial charge in [-0.05, 0) is 33.6 Å². The van der Waals surface area contributed by atoms with Crippen molar-refractivity contribution in [3.05, 3.63) is 34.1 Å². The molecule has 0 saturated carbocycles. The molecule has 14 heavy (non-hydrogen) atoms. The molecule has 1 aromatic rings. The van der Waals surface area contributed by atoms with Crippen molar-refractivity contribution >= 4 is 25.8 Å². The third-order valence-corrected chi connectivity index (χ3v) is 4.07. The van der Waals surface area contributed by atoms with Crippen LogP contribution in [0.2, 0.25) is 0 Å². The fourth-order valence-corrected chi connectivity index (χ4v) is 2.30. The smallest absolute Gasteiger partial charge is 0.154 e. The molecule has 0 atom stereocenters. The van der Waals surface area contributed by atoms with Gasteiger partial charge in [0.15, 0.2) is 9.84 Å². The summed E-state index contributed by atoms with van der Waals surface area (Å²) in [5.41, 5.74) is 0.597. The largest absolute Gasteiger partial charge is 0.229 e. The fourth-order valence-electron chi connectivity index (χ4n) is 0.985. The van der Waals surface area contributed by atoms with E-state index in [-0.39, 0.29) is 17.3 Å². The molecule has 0 saturated heterocycles. The summed E-state index contributed by atoms with van der Waals surface area (Å²) in [6.45, 7) is 1.59. The van der Waals surface area contributed by atoms with Gasteiger partial charge >= 0.3 is 0 Å². The summed E-state index contributed by atoms with van der Waals surface area (Å²) in [5.74, 6) is -0.327. The van der Waals surface area contributed by atoms with Gasteiger partial charge in [0.2, 0.25) is 0 Å². The van der Waals surface area contributed by atoms with Gasteiger partial charge in [-0.25, -0.2) is 12.8 Å². The molecule has 0 amide bonds. The highest BCUT2D eigenvalue weighted by Gasteiger charge is 2.10. The zero-order valence-corrected chi connectivity index (χ0v) is 10.0. The second kappa shape index (κ2) is 4.40. The van der Waals surface area contributed by atoms with E-state index in [0.717, 1.165) is 0 Å². The van der Waals surface area contributed by atoms with Crippen LogP contribution in [0.1, 0.15) is 12.5 Å². The zero-order valence-electron chi connectivity index (χ0n) is 7.63. The molecule has 0 N–H and O–H groups in total. The van der Waals surface area contributed by atoms with Crippen molar-refractivity contribution in [2.45, 2.75) is 12.7 Å². The summed E-state index contributed by atoms with van der Waals surface area (Å²) in [4.78, 5) is 0. The van der Waals surface area contributed by atoms with Crippen LogP contribution < -0.4 is 0 Å². The molecule has 0 spiro atoms. The van der Waals surface area contributed by atoms with E-state index in [1.807, 2.05) is 0 Å². The molecule has 0 unspecified atom stereocenters. The minimum atomic E-state index is -3.05. The van der Waals surface area contributed by atoms with E-state index in [2.05, 4.69) is 15.9 Å². The normalized spacial score (nSPS) is 11.6. The first-order chi connectivity index (χ1) is 6.44. The van der Waals surface area contributed by atoms with Crippen LogP contribution in [0.15, 0.2) is 22.7 Å². The Morgan fingerprint density at radius 3 is 2.57 bits per heavy atom. The first kappa shape index (κ1) is 11.7. The summed E-state index contributed by atoms with van der Waals surface area (Å²) >= 11 is 3.01. The maximum atomic E-state index is 12.8. The van der Waals surface area contributed by atoms with Crippen molar-refractivity contribution in [2.75, 3.05) is 5.75 Å². The van der Waals surface area contributed by atoms with E-state index in [0.29, 0.717) is 10.0 Å². The van der Waals surface area contributed by atoms with Gasteiger partial charge in [-0.2, -0.15) is 0 Å². The highest BCUT2D eigenvalue weighted by atomic mass is 79.9. The number of rotatable bonds is 3. The van der Waals surface area contributed by atoms with Crippen molar-refractivity contribution in [1.82, 2.24) is 0 Å². The highest BCUT2D eigenvalue weighted by molar-refractivity contribution is 9.10. The Morgan fingerprint density at radius 1 is 1.43 bits per heavy atom. The van der Waals surface area contributed by atoms with Gasteiger partial charge < -0.3 is 0 Å². The average Bonchev–Trinajstić information content (AvgIpc) is 2.11. The van der Waals surface area contributed by atoms with Gasteiger partial charge in [0.25, 0.3) is 0 Å².